The average molecular weight is 252 g/mol. The number of aromatic nitrogens is 1. The highest BCUT2D eigenvalue weighted by atomic mass is 32.1. The standard InChI is InChI=1S/C9H11F3N2OS/c1-14(2)4-3-6(15)7-5-13-8(16-7)9(10,11)12/h5H,3-4H2,1-2H3. The molecule has 0 atom stereocenters. The van der Waals surface area contributed by atoms with Gasteiger partial charge < -0.3 is 4.90 Å². The van der Waals surface area contributed by atoms with Crippen molar-refractivity contribution in [3.8, 4) is 0 Å². The molecule has 0 bridgehead atoms. The summed E-state index contributed by atoms with van der Waals surface area (Å²) in [5, 5.41) is -0.972. The van der Waals surface area contributed by atoms with Crippen molar-refractivity contribution in [1.82, 2.24) is 9.88 Å². The van der Waals surface area contributed by atoms with Crippen LogP contribution in [0.3, 0.4) is 0 Å². The Morgan fingerprint density at radius 2 is 2.12 bits per heavy atom. The van der Waals surface area contributed by atoms with Gasteiger partial charge in [-0.25, -0.2) is 4.98 Å². The SMILES string of the molecule is CN(C)CCC(=O)c1cnc(C(F)(F)F)s1. The van der Waals surface area contributed by atoms with Crippen LogP contribution in [0.2, 0.25) is 0 Å². The fourth-order valence-electron chi connectivity index (χ4n) is 0.982. The van der Waals surface area contributed by atoms with Crippen molar-refractivity contribution in [3.63, 3.8) is 0 Å². The molecule has 1 aromatic rings. The van der Waals surface area contributed by atoms with E-state index >= 15 is 0 Å². The molecule has 0 aliphatic heterocycles. The van der Waals surface area contributed by atoms with Gasteiger partial charge in [-0.3, -0.25) is 4.79 Å². The largest absolute Gasteiger partial charge is 0.443 e. The van der Waals surface area contributed by atoms with Crippen LogP contribution in [0, 0.1) is 0 Å². The summed E-state index contributed by atoms with van der Waals surface area (Å²) in [6.07, 6.45) is -3.28. The Balaban J connectivity index is 2.67. The number of carbonyl (C=O) groups excluding carboxylic acids is 1. The van der Waals surface area contributed by atoms with E-state index in [4.69, 9.17) is 0 Å². The van der Waals surface area contributed by atoms with Crippen LogP contribution in [0.15, 0.2) is 6.20 Å². The smallest absolute Gasteiger partial charge is 0.309 e. The molecule has 0 spiro atoms. The molecule has 7 heteroatoms. The van der Waals surface area contributed by atoms with E-state index in [-0.39, 0.29) is 17.1 Å². The minimum absolute atomic E-state index is 0.0641. The lowest BCUT2D eigenvalue weighted by molar-refractivity contribution is -0.137. The molecule has 0 amide bonds. The average Bonchev–Trinajstić information content (AvgIpc) is 2.61. The van der Waals surface area contributed by atoms with Gasteiger partial charge >= 0.3 is 6.18 Å². The summed E-state index contributed by atoms with van der Waals surface area (Å²) in [6, 6.07) is 0. The van der Waals surface area contributed by atoms with Gasteiger partial charge in [0.2, 0.25) is 0 Å². The third-order valence-electron chi connectivity index (χ3n) is 1.81. The summed E-state index contributed by atoms with van der Waals surface area (Å²) < 4.78 is 36.6. The molecular formula is C9H11F3N2OS. The number of nitrogens with zero attached hydrogens (tertiary/aromatic N) is 2. The summed E-state index contributed by atoms with van der Waals surface area (Å²) in [7, 11) is 3.59. The van der Waals surface area contributed by atoms with Gasteiger partial charge in [0.25, 0.3) is 0 Å². The van der Waals surface area contributed by atoms with Crippen molar-refractivity contribution in [2.24, 2.45) is 0 Å². The van der Waals surface area contributed by atoms with Gasteiger partial charge in [0.05, 0.1) is 4.88 Å². The molecule has 0 saturated heterocycles. The minimum atomic E-state index is -4.47. The highest BCUT2D eigenvalue weighted by Gasteiger charge is 2.35. The molecule has 0 unspecified atom stereocenters. The minimum Gasteiger partial charge on any atom is -0.309 e. The molecular weight excluding hydrogens is 241 g/mol. The number of halogens is 3. The lowest BCUT2D eigenvalue weighted by atomic mass is 10.2. The quantitative estimate of drug-likeness (QED) is 0.771. The van der Waals surface area contributed by atoms with E-state index in [0.29, 0.717) is 17.9 Å². The Labute approximate surface area is 94.9 Å². The van der Waals surface area contributed by atoms with Gasteiger partial charge in [-0.1, -0.05) is 0 Å². The molecule has 0 aromatic carbocycles. The van der Waals surface area contributed by atoms with E-state index in [1.807, 2.05) is 0 Å². The van der Waals surface area contributed by atoms with Gasteiger partial charge in [-0.15, -0.1) is 11.3 Å². The Morgan fingerprint density at radius 1 is 1.50 bits per heavy atom. The first-order valence-electron chi connectivity index (χ1n) is 4.51. The molecule has 1 aromatic heterocycles. The molecule has 0 saturated carbocycles. The van der Waals surface area contributed by atoms with E-state index in [9.17, 15) is 18.0 Å². The summed E-state index contributed by atoms with van der Waals surface area (Å²) in [4.78, 5) is 16.5. The summed E-state index contributed by atoms with van der Waals surface area (Å²) in [5.41, 5.74) is 0. The van der Waals surface area contributed by atoms with Crippen molar-refractivity contribution in [3.05, 3.63) is 16.1 Å². The maximum absolute atomic E-state index is 12.2. The predicted octanol–water partition coefficient (Wildman–Crippen LogP) is 2.30. The maximum atomic E-state index is 12.2. The second kappa shape index (κ2) is 4.92. The number of hydrogen-bond donors (Lipinski definition) is 0. The molecule has 1 rings (SSSR count). The highest BCUT2D eigenvalue weighted by molar-refractivity contribution is 7.13. The van der Waals surface area contributed by atoms with Crippen LogP contribution in [-0.4, -0.2) is 36.3 Å². The van der Waals surface area contributed by atoms with E-state index < -0.39 is 11.2 Å². The van der Waals surface area contributed by atoms with Gasteiger partial charge in [0.15, 0.2) is 10.8 Å². The van der Waals surface area contributed by atoms with Crippen LogP contribution in [0.1, 0.15) is 21.1 Å². The van der Waals surface area contributed by atoms with Gasteiger partial charge in [-0.2, -0.15) is 13.2 Å². The van der Waals surface area contributed by atoms with E-state index in [1.54, 1.807) is 19.0 Å². The summed E-state index contributed by atoms with van der Waals surface area (Å²) in [5.74, 6) is -0.304. The first-order valence-corrected chi connectivity index (χ1v) is 5.33. The first-order chi connectivity index (χ1) is 7.30. The lowest BCUT2D eigenvalue weighted by Gasteiger charge is -2.06. The van der Waals surface area contributed by atoms with Gasteiger partial charge in [0.1, 0.15) is 0 Å². The summed E-state index contributed by atoms with van der Waals surface area (Å²) >= 11 is 0.395. The van der Waals surface area contributed by atoms with Crippen LogP contribution in [0.25, 0.3) is 0 Å². The molecule has 16 heavy (non-hydrogen) atoms. The van der Waals surface area contributed by atoms with Gasteiger partial charge in [0, 0.05) is 19.2 Å². The summed E-state index contributed by atoms with van der Waals surface area (Å²) in [6.45, 7) is 0.512. The zero-order chi connectivity index (χ0) is 12.3. The fraction of sp³-hybridized carbons (Fsp3) is 0.556. The molecule has 3 nitrogen and oxygen atoms in total. The third-order valence-corrected chi connectivity index (χ3v) is 2.89. The Bertz CT molecular complexity index is 373. The van der Waals surface area contributed by atoms with Crippen LogP contribution < -0.4 is 0 Å². The third kappa shape index (κ3) is 3.57. The number of alkyl halides is 3. The molecule has 1 heterocycles. The number of ketones is 1. The zero-order valence-electron chi connectivity index (χ0n) is 8.84. The first kappa shape index (κ1) is 13.1. The molecule has 90 valence electrons. The van der Waals surface area contributed by atoms with Crippen LogP contribution in [-0.2, 0) is 6.18 Å². The van der Waals surface area contributed by atoms with Crippen molar-refractivity contribution in [2.75, 3.05) is 20.6 Å². The number of rotatable bonds is 4. The Kier molecular flexibility index (Phi) is 4.03. The molecule has 0 aliphatic carbocycles. The molecule has 0 N–H and O–H groups in total. The van der Waals surface area contributed by atoms with Crippen LogP contribution in [0.5, 0.6) is 0 Å². The number of carbonyl (C=O) groups is 1. The van der Waals surface area contributed by atoms with Gasteiger partial charge in [-0.05, 0) is 14.1 Å². The Morgan fingerprint density at radius 3 is 2.56 bits per heavy atom. The van der Waals surface area contributed by atoms with Crippen LogP contribution >= 0.6 is 11.3 Å². The van der Waals surface area contributed by atoms with Crippen molar-refractivity contribution in [2.45, 2.75) is 12.6 Å². The lowest BCUT2D eigenvalue weighted by Crippen LogP contribution is -2.16. The van der Waals surface area contributed by atoms with E-state index in [0.717, 1.165) is 6.20 Å². The van der Waals surface area contributed by atoms with E-state index in [2.05, 4.69) is 4.98 Å². The van der Waals surface area contributed by atoms with Crippen molar-refractivity contribution >= 4 is 17.1 Å². The second-order valence-corrected chi connectivity index (χ2v) is 4.53. The molecule has 0 aliphatic rings. The fourth-order valence-corrected chi connectivity index (χ4v) is 1.73. The van der Waals surface area contributed by atoms with E-state index in [1.165, 1.54) is 0 Å². The topological polar surface area (TPSA) is 33.2 Å². The second-order valence-electron chi connectivity index (χ2n) is 3.50. The number of Topliss-reactive ketones (excluding diaryl/α,β-unsaturated/α-hetero) is 1. The number of thiazole rings is 1. The highest BCUT2D eigenvalue weighted by Crippen LogP contribution is 2.32. The molecule has 0 radical (unpaired) electrons. The number of hydrogen-bond acceptors (Lipinski definition) is 4. The predicted molar refractivity (Wildman–Crippen MR) is 54.6 cm³/mol. The van der Waals surface area contributed by atoms with Crippen LogP contribution in [0.4, 0.5) is 13.2 Å². The van der Waals surface area contributed by atoms with Crippen molar-refractivity contribution in [1.29, 1.82) is 0 Å². The maximum Gasteiger partial charge on any atom is 0.443 e. The normalized spacial score (nSPS) is 12.1. The zero-order valence-corrected chi connectivity index (χ0v) is 9.65. The Hall–Kier alpha value is -0.950. The molecule has 0 fully saturated rings. The monoisotopic (exact) mass is 252 g/mol. The van der Waals surface area contributed by atoms with Crippen molar-refractivity contribution < 1.29 is 18.0 Å².